The predicted octanol–water partition coefficient (Wildman–Crippen LogP) is 2.96. The van der Waals surface area contributed by atoms with Crippen molar-refractivity contribution < 1.29 is 4.74 Å². The number of ether oxygens (including phenoxy) is 1. The number of hydrogen-bond acceptors (Lipinski definition) is 4. The highest BCUT2D eigenvalue weighted by Gasteiger charge is 2.14. The first-order chi connectivity index (χ1) is 11.8. The number of para-hydroxylation sites is 1. The molecule has 0 amide bonds. The van der Waals surface area contributed by atoms with Crippen LogP contribution in [-0.2, 0) is 11.2 Å². The van der Waals surface area contributed by atoms with E-state index in [0.717, 1.165) is 63.4 Å². The summed E-state index contributed by atoms with van der Waals surface area (Å²) in [6, 6.07) is 8.32. The van der Waals surface area contributed by atoms with E-state index < -0.39 is 0 Å². The lowest BCUT2D eigenvalue weighted by molar-refractivity contribution is 0.117. The Kier molecular flexibility index (Phi) is 6.43. The van der Waals surface area contributed by atoms with Crippen LogP contribution in [0.2, 0.25) is 0 Å². The number of rotatable bonds is 7. The largest absolute Gasteiger partial charge is 0.376 e. The van der Waals surface area contributed by atoms with E-state index in [1.54, 1.807) is 11.3 Å². The molecule has 0 aliphatic carbocycles. The van der Waals surface area contributed by atoms with Crippen LogP contribution in [-0.4, -0.2) is 43.3 Å². The van der Waals surface area contributed by atoms with E-state index in [2.05, 4.69) is 45.7 Å². The van der Waals surface area contributed by atoms with Crippen molar-refractivity contribution in [1.29, 1.82) is 0 Å². The lowest BCUT2D eigenvalue weighted by Gasteiger charge is -2.12. The van der Waals surface area contributed by atoms with E-state index >= 15 is 0 Å². The summed E-state index contributed by atoms with van der Waals surface area (Å²) in [6.07, 6.45) is 4.62. The Labute approximate surface area is 147 Å². The van der Waals surface area contributed by atoms with Gasteiger partial charge in [-0.15, -0.1) is 11.3 Å². The van der Waals surface area contributed by atoms with Crippen molar-refractivity contribution in [3.63, 3.8) is 0 Å². The van der Waals surface area contributed by atoms with Gasteiger partial charge in [0.15, 0.2) is 5.96 Å². The molecule has 5 nitrogen and oxygen atoms in total. The Morgan fingerprint density at radius 1 is 1.38 bits per heavy atom. The molecule has 6 heteroatoms. The van der Waals surface area contributed by atoms with E-state index in [1.165, 1.54) is 9.71 Å². The Morgan fingerprint density at radius 2 is 2.29 bits per heavy atom. The maximum Gasteiger partial charge on any atom is 0.191 e. The molecule has 2 N–H and O–H groups in total. The van der Waals surface area contributed by atoms with Crippen LogP contribution in [0, 0.1) is 0 Å². The van der Waals surface area contributed by atoms with Crippen molar-refractivity contribution in [2.75, 3.05) is 26.2 Å². The van der Waals surface area contributed by atoms with Crippen molar-refractivity contribution >= 4 is 27.5 Å². The lowest BCUT2D eigenvalue weighted by atomic mass is 10.2. The number of aromatic nitrogens is 1. The van der Waals surface area contributed by atoms with Gasteiger partial charge in [0, 0.05) is 26.1 Å². The maximum absolute atomic E-state index is 5.62. The van der Waals surface area contributed by atoms with Crippen LogP contribution in [0.1, 0.15) is 31.2 Å². The number of nitrogens with zero attached hydrogens (tertiary/aromatic N) is 2. The summed E-state index contributed by atoms with van der Waals surface area (Å²) in [5.74, 6) is 0.886. The molecular weight excluding hydrogens is 320 g/mol. The van der Waals surface area contributed by atoms with Crippen LogP contribution in [0.5, 0.6) is 0 Å². The fourth-order valence-electron chi connectivity index (χ4n) is 2.80. The van der Waals surface area contributed by atoms with Gasteiger partial charge in [0.05, 0.1) is 27.9 Å². The lowest BCUT2D eigenvalue weighted by Crippen LogP contribution is -2.38. The molecule has 0 radical (unpaired) electrons. The molecule has 0 saturated carbocycles. The van der Waals surface area contributed by atoms with Gasteiger partial charge in [-0.05, 0) is 38.3 Å². The second-order valence-corrected chi connectivity index (χ2v) is 7.08. The zero-order valence-corrected chi connectivity index (χ0v) is 15.1. The molecule has 0 spiro atoms. The molecule has 1 aliphatic heterocycles. The first-order valence-corrected chi connectivity index (χ1v) is 9.65. The van der Waals surface area contributed by atoms with Gasteiger partial charge in [-0.25, -0.2) is 4.98 Å². The van der Waals surface area contributed by atoms with E-state index in [0.29, 0.717) is 6.10 Å². The van der Waals surface area contributed by atoms with E-state index in [-0.39, 0.29) is 0 Å². The van der Waals surface area contributed by atoms with Gasteiger partial charge >= 0.3 is 0 Å². The second-order valence-electron chi connectivity index (χ2n) is 5.96. The summed E-state index contributed by atoms with van der Waals surface area (Å²) in [4.78, 5) is 9.31. The predicted molar refractivity (Wildman–Crippen MR) is 101 cm³/mol. The minimum Gasteiger partial charge on any atom is -0.376 e. The molecule has 2 heterocycles. The standard InChI is InChI=1S/C18H26N4OS/c1-2-19-18(21-13-14-7-6-12-23-14)20-11-5-10-17-22-15-8-3-4-9-16(15)24-17/h3-4,8-9,14H,2,5-7,10-13H2,1H3,(H2,19,20,21). The van der Waals surface area contributed by atoms with Crippen LogP contribution < -0.4 is 10.6 Å². The van der Waals surface area contributed by atoms with Crippen molar-refractivity contribution in [2.24, 2.45) is 4.99 Å². The Balaban J connectivity index is 1.43. The van der Waals surface area contributed by atoms with E-state index in [4.69, 9.17) is 4.74 Å². The second kappa shape index (κ2) is 8.99. The van der Waals surface area contributed by atoms with Gasteiger partial charge in [0.25, 0.3) is 0 Å². The highest BCUT2D eigenvalue weighted by molar-refractivity contribution is 7.18. The molecule has 1 unspecified atom stereocenters. The number of benzene rings is 1. The van der Waals surface area contributed by atoms with E-state index in [1.807, 2.05) is 6.07 Å². The maximum atomic E-state index is 5.62. The van der Waals surface area contributed by atoms with Gasteiger partial charge in [0.2, 0.25) is 0 Å². The molecular formula is C18H26N4OS. The molecule has 3 rings (SSSR count). The normalized spacial score (nSPS) is 18.2. The minimum absolute atomic E-state index is 0.295. The highest BCUT2D eigenvalue weighted by Crippen LogP contribution is 2.22. The fourth-order valence-corrected chi connectivity index (χ4v) is 3.81. The van der Waals surface area contributed by atoms with Crippen molar-refractivity contribution in [1.82, 2.24) is 15.6 Å². The van der Waals surface area contributed by atoms with Crippen LogP contribution in [0.3, 0.4) is 0 Å². The number of fused-ring (bicyclic) bond motifs is 1. The zero-order valence-electron chi connectivity index (χ0n) is 14.3. The zero-order chi connectivity index (χ0) is 16.6. The third-order valence-electron chi connectivity index (χ3n) is 4.02. The monoisotopic (exact) mass is 346 g/mol. The molecule has 0 bridgehead atoms. The summed E-state index contributed by atoms with van der Waals surface area (Å²) < 4.78 is 6.89. The molecule has 24 heavy (non-hydrogen) atoms. The van der Waals surface area contributed by atoms with Crippen molar-refractivity contribution in [3.8, 4) is 0 Å². The van der Waals surface area contributed by atoms with Crippen LogP contribution in [0.15, 0.2) is 29.3 Å². The highest BCUT2D eigenvalue weighted by atomic mass is 32.1. The molecule has 1 fully saturated rings. The van der Waals surface area contributed by atoms with Crippen LogP contribution >= 0.6 is 11.3 Å². The molecule has 2 aromatic rings. The average Bonchev–Trinajstić information content (AvgIpc) is 3.25. The third kappa shape index (κ3) is 4.92. The Bertz CT molecular complexity index is 631. The topological polar surface area (TPSA) is 58.5 Å². The van der Waals surface area contributed by atoms with Crippen molar-refractivity contribution in [2.45, 2.75) is 38.7 Å². The number of thiazole rings is 1. The molecule has 1 aromatic heterocycles. The van der Waals surface area contributed by atoms with Gasteiger partial charge in [-0.3, -0.25) is 4.99 Å². The summed E-state index contributed by atoms with van der Waals surface area (Å²) in [6.45, 7) is 5.48. The van der Waals surface area contributed by atoms with Gasteiger partial charge in [-0.1, -0.05) is 12.1 Å². The molecule has 1 saturated heterocycles. The summed E-state index contributed by atoms with van der Waals surface area (Å²) >= 11 is 1.79. The molecule has 1 atom stereocenters. The number of hydrogen-bond donors (Lipinski definition) is 2. The van der Waals surface area contributed by atoms with Gasteiger partial charge in [-0.2, -0.15) is 0 Å². The summed E-state index contributed by atoms with van der Waals surface area (Å²) in [7, 11) is 0. The average molecular weight is 346 g/mol. The van der Waals surface area contributed by atoms with Gasteiger partial charge in [0.1, 0.15) is 0 Å². The number of nitrogens with one attached hydrogen (secondary N) is 2. The first-order valence-electron chi connectivity index (χ1n) is 8.83. The molecule has 1 aliphatic rings. The van der Waals surface area contributed by atoms with Crippen molar-refractivity contribution in [3.05, 3.63) is 29.3 Å². The van der Waals surface area contributed by atoms with E-state index in [9.17, 15) is 0 Å². The number of guanidine groups is 1. The summed E-state index contributed by atoms with van der Waals surface area (Å²) in [5, 5.41) is 7.91. The molecule has 1 aromatic carbocycles. The Hall–Kier alpha value is -1.66. The SMILES string of the molecule is CCNC(=NCC1CCCO1)NCCCc1nc2ccccc2s1. The Morgan fingerprint density at radius 3 is 3.08 bits per heavy atom. The fraction of sp³-hybridized carbons (Fsp3) is 0.556. The minimum atomic E-state index is 0.295. The summed E-state index contributed by atoms with van der Waals surface area (Å²) in [5.41, 5.74) is 1.11. The molecule has 130 valence electrons. The van der Waals surface area contributed by atoms with Gasteiger partial charge < -0.3 is 15.4 Å². The number of aliphatic imine (C=N–C) groups is 1. The quantitative estimate of drug-likeness (QED) is 0.460. The van der Waals surface area contributed by atoms with Crippen LogP contribution in [0.4, 0.5) is 0 Å². The smallest absolute Gasteiger partial charge is 0.191 e. The number of aryl methyl sites for hydroxylation is 1. The first kappa shape index (κ1) is 17.2. The van der Waals surface area contributed by atoms with Crippen LogP contribution in [0.25, 0.3) is 10.2 Å². The third-order valence-corrected chi connectivity index (χ3v) is 5.12.